The summed E-state index contributed by atoms with van der Waals surface area (Å²) in [5.41, 5.74) is 2.46. The topological polar surface area (TPSA) is 58.4 Å². The number of likely N-dealkylation sites (N-methyl/N-ethyl adjacent to an activating group) is 1. The van der Waals surface area contributed by atoms with Crippen LogP contribution in [0.3, 0.4) is 0 Å². The van der Waals surface area contributed by atoms with Crippen molar-refractivity contribution in [3.63, 3.8) is 0 Å². The lowest BCUT2D eigenvalue weighted by atomic mass is 10.3. The summed E-state index contributed by atoms with van der Waals surface area (Å²) in [5, 5.41) is 9.97. The van der Waals surface area contributed by atoms with Crippen LogP contribution in [0.4, 0.5) is 5.69 Å². The first kappa shape index (κ1) is 15.2. The van der Waals surface area contributed by atoms with E-state index >= 15 is 0 Å². The number of carbonyl (C=O) groups excluding carboxylic acids is 1. The van der Waals surface area contributed by atoms with E-state index in [1.807, 2.05) is 54.6 Å². The van der Waals surface area contributed by atoms with Gasteiger partial charge in [-0.15, -0.1) is 0 Å². The number of anilines is 1. The van der Waals surface area contributed by atoms with Crippen LogP contribution in [0.15, 0.2) is 54.6 Å². The van der Waals surface area contributed by atoms with Crippen molar-refractivity contribution in [2.75, 3.05) is 11.9 Å². The summed E-state index contributed by atoms with van der Waals surface area (Å²) in [6.07, 6.45) is -0.739. The summed E-state index contributed by atoms with van der Waals surface area (Å²) in [5.74, 6) is 0.433. The second-order valence-corrected chi connectivity index (χ2v) is 5.51. The summed E-state index contributed by atoms with van der Waals surface area (Å²) < 4.78 is 1.78. The van der Waals surface area contributed by atoms with Crippen LogP contribution >= 0.6 is 0 Å². The van der Waals surface area contributed by atoms with Crippen LogP contribution in [0.5, 0.6) is 0 Å². The lowest BCUT2D eigenvalue weighted by Gasteiger charge is -2.19. The zero-order valence-corrected chi connectivity index (χ0v) is 13.2. The maximum Gasteiger partial charge on any atom is 0.246 e. The summed E-state index contributed by atoms with van der Waals surface area (Å²) in [6.45, 7) is 1.79. The Hall–Kier alpha value is -2.66. The fourth-order valence-corrected chi connectivity index (χ4v) is 2.62. The van der Waals surface area contributed by atoms with E-state index in [9.17, 15) is 9.90 Å². The highest BCUT2D eigenvalue weighted by molar-refractivity contribution is 5.93. The number of para-hydroxylation sites is 3. The van der Waals surface area contributed by atoms with Gasteiger partial charge in [-0.2, -0.15) is 0 Å². The zero-order valence-electron chi connectivity index (χ0n) is 13.2. The predicted molar refractivity (Wildman–Crippen MR) is 90.2 cm³/mol. The average Bonchev–Trinajstić information content (AvgIpc) is 2.94. The number of carbonyl (C=O) groups is 1. The van der Waals surface area contributed by atoms with Crippen molar-refractivity contribution >= 4 is 22.6 Å². The summed E-state index contributed by atoms with van der Waals surface area (Å²) in [4.78, 5) is 18.7. The molecular formula is C18H19N3O2. The molecule has 0 spiro atoms. The van der Waals surface area contributed by atoms with E-state index in [-0.39, 0.29) is 12.5 Å². The zero-order chi connectivity index (χ0) is 16.4. The molecule has 1 unspecified atom stereocenters. The van der Waals surface area contributed by atoms with Gasteiger partial charge >= 0.3 is 0 Å². The van der Waals surface area contributed by atoms with Crippen molar-refractivity contribution in [1.82, 2.24) is 9.55 Å². The van der Waals surface area contributed by atoms with Crippen LogP contribution in [0.25, 0.3) is 11.0 Å². The second-order valence-electron chi connectivity index (χ2n) is 5.51. The van der Waals surface area contributed by atoms with Gasteiger partial charge in [0.25, 0.3) is 0 Å². The number of imidazole rings is 1. The maximum atomic E-state index is 12.6. The molecule has 23 heavy (non-hydrogen) atoms. The smallest absolute Gasteiger partial charge is 0.246 e. The Bertz CT molecular complexity index is 825. The fourth-order valence-electron chi connectivity index (χ4n) is 2.62. The van der Waals surface area contributed by atoms with Gasteiger partial charge in [0.2, 0.25) is 5.91 Å². The molecule has 0 aliphatic heterocycles. The minimum Gasteiger partial charge on any atom is -0.385 e. The van der Waals surface area contributed by atoms with Crippen molar-refractivity contribution in [1.29, 1.82) is 0 Å². The molecule has 5 nitrogen and oxygen atoms in total. The first-order valence-corrected chi connectivity index (χ1v) is 7.53. The quantitative estimate of drug-likeness (QED) is 0.806. The average molecular weight is 309 g/mol. The molecular weight excluding hydrogens is 290 g/mol. The van der Waals surface area contributed by atoms with Gasteiger partial charge in [0.15, 0.2) is 0 Å². The molecule has 5 heteroatoms. The van der Waals surface area contributed by atoms with Crippen molar-refractivity contribution in [3.8, 4) is 0 Å². The fraction of sp³-hybridized carbons (Fsp3) is 0.222. The maximum absolute atomic E-state index is 12.6. The predicted octanol–water partition coefficient (Wildman–Crippen LogP) is 2.75. The number of hydrogen-bond donors (Lipinski definition) is 1. The van der Waals surface area contributed by atoms with E-state index in [0.717, 1.165) is 16.7 Å². The third-order valence-corrected chi connectivity index (χ3v) is 3.87. The molecule has 3 aromatic rings. The Labute approximate surface area is 134 Å². The van der Waals surface area contributed by atoms with E-state index in [2.05, 4.69) is 4.98 Å². The monoisotopic (exact) mass is 309 g/mol. The molecule has 0 bridgehead atoms. The molecule has 0 saturated heterocycles. The number of aliphatic hydroxyl groups excluding tert-OH is 1. The molecule has 1 N–H and O–H groups in total. The first-order chi connectivity index (χ1) is 11.1. The van der Waals surface area contributed by atoms with E-state index in [1.54, 1.807) is 23.4 Å². The second kappa shape index (κ2) is 6.22. The van der Waals surface area contributed by atoms with E-state index < -0.39 is 6.10 Å². The van der Waals surface area contributed by atoms with Gasteiger partial charge in [0.05, 0.1) is 11.0 Å². The number of aliphatic hydroxyl groups is 1. The summed E-state index contributed by atoms with van der Waals surface area (Å²) in [7, 11) is 1.75. The Morgan fingerprint density at radius 3 is 2.52 bits per heavy atom. The summed E-state index contributed by atoms with van der Waals surface area (Å²) in [6, 6.07) is 17.1. The molecule has 0 radical (unpaired) electrons. The SMILES string of the molecule is CC(O)c1nc2ccccc2n1CC(=O)N(C)c1ccccc1. The third kappa shape index (κ3) is 2.96. The Morgan fingerprint density at radius 1 is 1.17 bits per heavy atom. The standard InChI is InChI=1S/C18H19N3O2/c1-13(22)18-19-15-10-6-7-11-16(15)21(18)12-17(23)20(2)14-8-4-3-5-9-14/h3-11,13,22H,12H2,1-2H3. The molecule has 1 amide bonds. The van der Waals surface area contributed by atoms with Crippen LogP contribution in [0.1, 0.15) is 18.9 Å². The van der Waals surface area contributed by atoms with Gasteiger partial charge < -0.3 is 14.6 Å². The molecule has 0 saturated carbocycles. The van der Waals surface area contributed by atoms with Crippen molar-refractivity contribution in [3.05, 3.63) is 60.4 Å². The normalized spacial score (nSPS) is 12.3. The van der Waals surface area contributed by atoms with Gasteiger partial charge in [-0.1, -0.05) is 30.3 Å². The van der Waals surface area contributed by atoms with E-state index in [0.29, 0.717) is 5.82 Å². The highest BCUT2D eigenvalue weighted by atomic mass is 16.3. The minimum atomic E-state index is -0.739. The van der Waals surface area contributed by atoms with E-state index in [1.165, 1.54) is 0 Å². The molecule has 2 aromatic carbocycles. The van der Waals surface area contributed by atoms with E-state index in [4.69, 9.17) is 0 Å². The van der Waals surface area contributed by atoms with Crippen LogP contribution in [-0.2, 0) is 11.3 Å². The number of benzene rings is 2. The largest absolute Gasteiger partial charge is 0.385 e. The van der Waals surface area contributed by atoms with Gasteiger partial charge in [-0.25, -0.2) is 4.98 Å². The van der Waals surface area contributed by atoms with Crippen LogP contribution < -0.4 is 4.90 Å². The highest BCUT2D eigenvalue weighted by Crippen LogP contribution is 2.21. The lowest BCUT2D eigenvalue weighted by Crippen LogP contribution is -2.30. The number of rotatable bonds is 4. The molecule has 0 fully saturated rings. The number of amides is 1. The first-order valence-electron chi connectivity index (χ1n) is 7.53. The van der Waals surface area contributed by atoms with Crippen LogP contribution in [0.2, 0.25) is 0 Å². The Kier molecular flexibility index (Phi) is 4.12. The van der Waals surface area contributed by atoms with Crippen molar-refractivity contribution in [2.45, 2.75) is 19.6 Å². The van der Waals surface area contributed by atoms with Crippen molar-refractivity contribution in [2.24, 2.45) is 0 Å². The van der Waals surface area contributed by atoms with Gasteiger partial charge in [0.1, 0.15) is 18.5 Å². The van der Waals surface area contributed by atoms with Crippen LogP contribution in [-0.4, -0.2) is 27.6 Å². The Morgan fingerprint density at radius 2 is 1.83 bits per heavy atom. The molecule has 1 heterocycles. The van der Waals surface area contributed by atoms with Gasteiger partial charge in [-0.3, -0.25) is 4.79 Å². The van der Waals surface area contributed by atoms with Gasteiger partial charge in [0, 0.05) is 12.7 Å². The number of aromatic nitrogens is 2. The lowest BCUT2D eigenvalue weighted by molar-refractivity contribution is -0.118. The minimum absolute atomic E-state index is 0.0683. The number of fused-ring (bicyclic) bond motifs is 1. The van der Waals surface area contributed by atoms with Gasteiger partial charge in [-0.05, 0) is 31.2 Å². The molecule has 118 valence electrons. The van der Waals surface area contributed by atoms with Crippen LogP contribution in [0, 0.1) is 0 Å². The molecule has 0 aliphatic rings. The molecule has 1 aromatic heterocycles. The Balaban J connectivity index is 1.94. The van der Waals surface area contributed by atoms with Crippen molar-refractivity contribution < 1.29 is 9.90 Å². The molecule has 0 aliphatic carbocycles. The number of nitrogens with zero attached hydrogens (tertiary/aromatic N) is 3. The highest BCUT2D eigenvalue weighted by Gasteiger charge is 2.19. The summed E-state index contributed by atoms with van der Waals surface area (Å²) >= 11 is 0. The number of hydrogen-bond acceptors (Lipinski definition) is 3. The molecule has 1 atom stereocenters. The third-order valence-electron chi connectivity index (χ3n) is 3.87. The molecule has 3 rings (SSSR count).